The molecule has 2 aromatic carbocycles. The number of hydrogen-bond donors (Lipinski definition) is 4. The van der Waals surface area contributed by atoms with E-state index in [9.17, 15) is 20.4 Å². The Morgan fingerprint density at radius 1 is 0.950 bits per heavy atom. The average molecular weight is 274 g/mol. The summed E-state index contributed by atoms with van der Waals surface area (Å²) in [4.78, 5) is 0. The van der Waals surface area contributed by atoms with Crippen LogP contribution >= 0.6 is 0 Å². The molecule has 5 nitrogen and oxygen atoms in total. The Bertz CT molecular complexity index is 645. The van der Waals surface area contributed by atoms with E-state index in [0.29, 0.717) is 29.7 Å². The van der Waals surface area contributed by atoms with Crippen LogP contribution in [0.25, 0.3) is 0 Å². The third kappa shape index (κ3) is 1.97. The van der Waals surface area contributed by atoms with Crippen molar-refractivity contribution in [2.45, 2.75) is 18.9 Å². The molecule has 0 aliphatic carbocycles. The molecule has 0 amide bonds. The lowest BCUT2D eigenvalue weighted by atomic mass is 9.95. The van der Waals surface area contributed by atoms with Gasteiger partial charge in [-0.05, 0) is 25.0 Å². The van der Waals surface area contributed by atoms with Gasteiger partial charge in [-0.1, -0.05) is 6.07 Å². The van der Waals surface area contributed by atoms with Gasteiger partial charge in [-0.3, -0.25) is 0 Å². The summed E-state index contributed by atoms with van der Waals surface area (Å²) in [6, 6.07) is 7.18. The SMILES string of the molecule is Oc1cc(O)c2c(c1)OC(c1c(O)cccc1O)CC2. The van der Waals surface area contributed by atoms with Gasteiger partial charge in [0.1, 0.15) is 34.9 Å². The number of benzene rings is 2. The highest BCUT2D eigenvalue weighted by Crippen LogP contribution is 2.45. The third-order valence-corrected chi connectivity index (χ3v) is 3.48. The fraction of sp³-hybridized carbons (Fsp3) is 0.200. The molecule has 0 saturated carbocycles. The molecule has 1 unspecified atom stereocenters. The van der Waals surface area contributed by atoms with E-state index >= 15 is 0 Å². The van der Waals surface area contributed by atoms with E-state index in [0.717, 1.165) is 0 Å². The van der Waals surface area contributed by atoms with Gasteiger partial charge in [0.2, 0.25) is 0 Å². The van der Waals surface area contributed by atoms with Crippen molar-refractivity contribution in [3.63, 3.8) is 0 Å². The van der Waals surface area contributed by atoms with E-state index in [-0.39, 0.29) is 23.0 Å². The van der Waals surface area contributed by atoms with Crippen molar-refractivity contribution in [3.05, 3.63) is 41.5 Å². The molecule has 0 spiro atoms. The Morgan fingerprint density at radius 3 is 2.35 bits per heavy atom. The number of phenols is 4. The maximum Gasteiger partial charge on any atom is 0.131 e. The molecule has 0 fully saturated rings. The molecule has 5 heteroatoms. The van der Waals surface area contributed by atoms with Gasteiger partial charge < -0.3 is 25.2 Å². The second kappa shape index (κ2) is 4.52. The van der Waals surface area contributed by atoms with Crippen LogP contribution in [0.1, 0.15) is 23.7 Å². The molecule has 20 heavy (non-hydrogen) atoms. The lowest BCUT2D eigenvalue weighted by molar-refractivity contribution is 0.166. The van der Waals surface area contributed by atoms with Crippen LogP contribution in [-0.2, 0) is 6.42 Å². The van der Waals surface area contributed by atoms with E-state index in [1.807, 2.05) is 0 Å². The molecule has 4 N–H and O–H groups in total. The molecule has 1 atom stereocenters. The minimum absolute atomic E-state index is 0.0139. The van der Waals surface area contributed by atoms with Crippen molar-refractivity contribution in [1.82, 2.24) is 0 Å². The molecule has 1 heterocycles. The Labute approximate surface area is 115 Å². The van der Waals surface area contributed by atoms with Crippen molar-refractivity contribution in [1.29, 1.82) is 0 Å². The van der Waals surface area contributed by atoms with Crippen LogP contribution in [0.4, 0.5) is 0 Å². The van der Waals surface area contributed by atoms with Crippen LogP contribution in [0.5, 0.6) is 28.7 Å². The third-order valence-electron chi connectivity index (χ3n) is 3.48. The molecule has 2 aromatic rings. The van der Waals surface area contributed by atoms with Crippen LogP contribution in [0.15, 0.2) is 30.3 Å². The Hall–Kier alpha value is -2.56. The van der Waals surface area contributed by atoms with Crippen molar-refractivity contribution in [3.8, 4) is 28.7 Å². The summed E-state index contributed by atoms with van der Waals surface area (Å²) in [6.45, 7) is 0. The van der Waals surface area contributed by atoms with Gasteiger partial charge in [-0.15, -0.1) is 0 Å². The molecule has 0 aromatic heterocycles. The monoisotopic (exact) mass is 274 g/mol. The molecular weight excluding hydrogens is 260 g/mol. The highest BCUT2D eigenvalue weighted by molar-refractivity contribution is 5.52. The number of ether oxygens (including phenoxy) is 1. The van der Waals surface area contributed by atoms with Gasteiger partial charge in [0.05, 0.1) is 5.56 Å². The lowest BCUT2D eigenvalue weighted by Gasteiger charge is -2.27. The van der Waals surface area contributed by atoms with Gasteiger partial charge in [0, 0.05) is 17.7 Å². The van der Waals surface area contributed by atoms with Crippen LogP contribution in [0.3, 0.4) is 0 Å². The fourth-order valence-corrected chi connectivity index (χ4v) is 2.53. The first-order valence-electron chi connectivity index (χ1n) is 6.28. The highest BCUT2D eigenvalue weighted by Gasteiger charge is 2.28. The van der Waals surface area contributed by atoms with E-state index in [4.69, 9.17) is 4.74 Å². The first-order valence-corrected chi connectivity index (χ1v) is 6.28. The predicted molar refractivity (Wildman–Crippen MR) is 71.2 cm³/mol. The molecule has 1 aliphatic heterocycles. The zero-order valence-electron chi connectivity index (χ0n) is 10.6. The second-order valence-corrected chi connectivity index (χ2v) is 4.80. The van der Waals surface area contributed by atoms with Gasteiger partial charge >= 0.3 is 0 Å². The normalized spacial score (nSPS) is 17.3. The summed E-state index contributed by atoms with van der Waals surface area (Å²) < 4.78 is 5.70. The quantitative estimate of drug-likeness (QED) is 0.641. The number of aromatic hydroxyl groups is 4. The topological polar surface area (TPSA) is 90.2 Å². The zero-order valence-corrected chi connectivity index (χ0v) is 10.6. The molecule has 1 aliphatic rings. The Kier molecular flexibility index (Phi) is 2.82. The van der Waals surface area contributed by atoms with Crippen molar-refractivity contribution in [2.24, 2.45) is 0 Å². The maximum atomic E-state index is 9.86. The number of fused-ring (bicyclic) bond motifs is 1. The van der Waals surface area contributed by atoms with Gasteiger partial charge in [-0.2, -0.15) is 0 Å². The van der Waals surface area contributed by atoms with Crippen LogP contribution in [0, 0.1) is 0 Å². The molecule has 0 radical (unpaired) electrons. The molecule has 3 rings (SSSR count). The first kappa shape index (κ1) is 12.5. The summed E-state index contributed by atoms with van der Waals surface area (Å²) in [7, 11) is 0. The highest BCUT2D eigenvalue weighted by atomic mass is 16.5. The minimum atomic E-state index is -0.523. The molecule has 0 saturated heterocycles. The van der Waals surface area contributed by atoms with Gasteiger partial charge in [0.15, 0.2) is 0 Å². The smallest absolute Gasteiger partial charge is 0.131 e. The van der Waals surface area contributed by atoms with Crippen LogP contribution in [0.2, 0.25) is 0 Å². The summed E-state index contributed by atoms with van der Waals surface area (Å²) in [5, 5.41) is 39.0. The van der Waals surface area contributed by atoms with E-state index in [1.165, 1.54) is 24.3 Å². The van der Waals surface area contributed by atoms with E-state index < -0.39 is 6.10 Å². The number of phenolic OH excluding ortho intramolecular Hbond substituents is 4. The number of hydrogen-bond acceptors (Lipinski definition) is 5. The minimum Gasteiger partial charge on any atom is -0.508 e. The second-order valence-electron chi connectivity index (χ2n) is 4.80. The fourth-order valence-electron chi connectivity index (χ4n) is 2.53. The van der Waals surface area contributed by atoms with E-state index in [1.54, 1.807) is 6.07 Å². The Morgan fingerprint density at radius 2 is 1.65 bits per heavy atom. The van der Waals surface area contributed by atoms with Crippen molar-refractivity contribution >= 4 is 0 Å². The summed E-state index contributed by atoms with van der Waals surface area (Å²) >= 11 is 0. The van der Waals surface area contributed by atoms with Crippen molar-refractivity contribution in [2.75, 3.05) is 0 Å². The summed E-state index contributed by atoms with van der Waals surface area (Å²) in [6.07, 6.45) is 0.515. The van der Waals surface area contributed by atoms with Crippen molar-refractivity contribution < 1.29 is 25.2 Å². The zero-order chi connectivity index (χ0) is 14.3. The lowest BCUT2D eigenvalue weighted by Crippen LogP contribution is -2.15. The van der Waals surface area contributed by atoms with Gasteiger partial charge in [0.25, 0.3) is 0 Å². The van der Waals surface area contributed by atoms with Gasteiger partial charge in [-0.25, -0.2) is 0 Å². The predicted octanol–water partition coefficient (Wildman–Crippen LogP) is 2.58. The standard InChI is InChI=1S/C15H14O5/c16-8-6-12(19)9-4-5-13(20-14(9)7-8)15-10(17)2-1-3-11(15)18/h1-3,6-7,13,16-19H,4-5H2. The summed E-state index contributed by atoms with van der Waals surface area (Å²) in [5.41, 5.74) is 0.940. The Balaban J connectivity index is 2.00. The molecular formula is C15H14O5. The molecule has 0 bridgehead atoms. The van der Waals surface area contributed by atoms with Crippen LogP contribution in [-0.4, -0.2) is 20.4 Å². The van der Waals surface area contributed by atoms with E-state index in [2.05, 4.69) is 0 Å². The largest absolute Gasteiger partial charge is 0.508 e. The average Bonchev–Trinajstić information content (AvgIpc) is 2.37. The number of rotatable bonds is 1. The summed E-state index contributed by atoms with van der Waals surface area (Å²) in [5.74, 6) is 0.176. The first-order chi connectivity index (χ1) is 9.56. The maximum absolute atomic E-state index is 9.86. The molecule has 104 valence electrons. The van der Waals surface area contributed by atoms with Crippen LogP contribution < -0.4 is 4.74 Å².